The van der Waals surface area contributed by atoms with Gasteiger partial charge in [-0.1, -0.05) is 28.1 Å². The van der Waals surface area contributed by atoms with Crippen LogP contribution in [0, 0.1) is 6.92 Å². The van der Waals surface area contributed by atoms with Gasteiger partial charge in [-0.25, -0.2) is 0 Å². The number of hydrogen-bond acceptors (Lipinski definition) is 2. The highest BCUT2D eigenvalue weighted by atomic mass is 79.9. The maximum absolute atomic E-state index is 5.74. The van der Waals surface area contributed by atoms with Crippen molar-refractivity contribution in [2.24, 2.45) is 0 Å². The zero-order valence-corrected chi connectivity index (χ0v) is 13.0. The summed E-state index contributed by atoms with van der Waals surface area (Å²) in [4.78, 5) is 0. The summed E-state index contributed by atoms with van der Waals surface area (Å²) in [7, 11) is 0. The Hall–Kier alpha value is -0.380. The van der Waals surface area contributed by atoms with Crippen LogP contribution in [0.4, 0.5) is 0 Å². The van der Waals surface area contributed by atoms with E-state index in [0.29, 0.717) is 6.04 Å². The van der Waals surface area contributed by atoms with Crippen LogP contribution in [0.15, 0.2) is 22.7 Å². The molecule has 0 amide bonds. The van der Waals surface area contributed by atoms with Crippen LogP contribution in [0.5, 0.6) is 0 Å². The van der Waals surface area contributed by atoms with E-state index < -0.39 is 0 Å². The molecular weight excluding hydrogens is 290 g/mol. The summed E-state index contributed by atoms with van der Waals surface area (Å²) in [6.45, 7) is 8.28. The molecule has 1 N–H and O–H groups in total. The fourth-order valence-corrected chi connectivity index (χ4v) is 2.73. The standard InChI is InChI=1S/C15H22BrNO/c1-11-8-12(4-5-14(11)16)10-17-13-6-7-18-15(2,3)9-13/h4-5,8,13,17H,6-7,9-10H2,1-3H3. The van der Waals surface area contributed by atoms with Gasteiger partial charge in [0.1, 0.15) is 0 Å². The van der Waals surface area contributed by atoms with Crippen molar-refractivity contribution in [2.45, 2.75) is 51.8 Å². The summed E-state index contributed by atoms with van der Waals surface area (Å²) >= 11 is 3.54. The molecule has 2 rings (SSSR count). The van der Waals surface area contributed by atoms with Gasteiger partial charge < -0.3 is 10.1 Å². The second-order valence-corrected chi connectivity index (χ2v) is 6.62. The molecule has 1 unspecified atom stereocenters. The van der Waals surface area contributed by atoms with Crippen molar-refractivity contribution in [1.82, 2.24) is 5.32 Å². The van der Waals surface area contributed by atoms with Crippen LogP contribution in [0.2, 0.25) is 0 Å². The zero-order chi connectivity index (χ0) is 13.2. The molecule has 0 saturated carbocycles. The number of hydrogen-bond donors (Lipinski definition) is 1. The third kappa shape index (κ3) is 3.81. The molecule has 2 nitrogen and oxygen atoms in total. The van der Waals surface area contributed by atoms with Crippen molar-refractivity contribution in [1.29, 1.82) is 0 Å². The van der Waals surface area contributed by atoms with Crippen LogP contribution in [0.25, 0.3) is 0 Å². The molecule has 1 saturated heterocycles. The lowest BCUT2D eigenvalue weighted by molar-refractivity contribution is -0.0630. The van der Waals surface area contributed by atoms with Gasteiger partial charge in [-0.15, -0.1) is 0 Å². The molecule has 100 valence electrons. The molecule has 1 aliphatic heterocycles. The van der Waals surface area contributed by atoms with Crippen molar-refractivity contribution in [2.75, 3.05) is 6.61 Å². The van der Waals surface area contributed by atoms with Gasteiger partial charge in [0, 0.05) is 23.7 Å². The summed E-state index contributed by atoms with van der Waals surface area (Å²) in [5, 5.41) is 3.64. The van der Waals surface area contributed by atoms with E-state index in [1.807, 2.05) is 0 Å². The van der Waals surface area contributed by atoms with Crippen molar-refractivity contribution in [3.63, 3.8) is 0 Å². The molecule has 18 heavy (non-hydrogen) atoms. The van der Waals surface area contributed by atoms with Gasteiger partial charge in [0.2, 0.25) is 0 Å². The Morgan fingerprint density at radius 2 is 2.22 bits per heavy atom. The molecule has 1 aromatic rings. The Balaban J connectivity index is 1.89. The molecule has 1 heterocycles. The van der Waals surface area contributed by atoms with Crippen LogP contribution in [0.3, 0.4) is 0 Å². The van der Waals surface area contributed by atoms with Gasteiger partial charge >= 0.3 is 0 Å². The van der Waals surface area contributed by atoms with Crippen LogP contribution in [-0.2, 0) is 11.3 Å². The Morgan fingerprint density at radius 3 is 2.89 bits per heavy atom. The quantitative estimate of drug-likeness (QED) is 0.916. The van der Waals surface area contributed by atoms with Crippen molar-refractivity contribution in [3.8, 4) is 0 Å². The zero-order valence-electron chi connectivity index (χ0n) is 11.4. The normalized spacial score (nSPS) is 23.0. The van der Waals surface area contributed by atoms with Crippen molar-refractivity contribution >= 4 is 15.9 Å². The van der Waals surface area contributed by atoms with E-state index in [1.165, 1.54) is 15.6 Å². The number of nitrogens with one attached hydrogen (secondary N) is 1. The highest BCUT2D eigenvalue weighted by molar-refractivity contribution is 9.10. The smallest absolute Gasteiger partial charge is 0.0641 e. The first-order valence-electron chi connectivity index (χ1n) is 6.59. The minimum absolute atomic E-state index is 0.0194. The lowest BCUT2D eigenvalue weighted by Gasteiger charge is -2.36. The lowest BCUT2D eigenvalue weighted by Crippen LogP contribution is -2.43. The number of aryl methyl sites for hydroxylation is 1. The van der Waals surface area contributed by atoms with Crippen LogP contribution >= 0.6 is 15.9 Å². The maximum Gasteiger partial charge on any atom is 0.0641 e. The summed E-state index contributed by atoms with van der Waals surface area (Å²) in [6, 6.07) is 7.11. The Labute approximate surface area is 118 Å². The van der Waals surface area contributed by atoms with Gasteiger partial charge in [-0.3, -0.25) is 0 Å². The van der Waals surface area contributed by atoms with Crippen molar-refractivity contribution in [3.05, 3.63) is 33.8 Å². The van der Waals surface area contributed by atoms with E-state index in [-0.39, 0.29) is 5.60 Å². The molecule has 1 fully saturated rings. The van der Waals surface area contributed by atoms with Crippen LogP contribution in [-0.4, -0.2) is 18.2 Å². The number of benzene rings is 1. The first kappa shape index (κ1) is 14.0. The van der Waals surface area contributed by atoms with E-state index in [4.69, 9.17) is 4.74 Å². The second kappa shape index (κ2) is 5.72. The monoisotopic (exact) mass is 311 g/mol. The molecule has 0 aliphatic carbocycles. The molecular formula is C15H22BrNO. The fourth-order valence-electron chi connectivity index (χ4n) is 2.49. The largest absolute Gasteiger partial charge is 0.375 e. The van der Waals surface area contributed by atoms with Crippen LogP contribution in [0.1, 0.15) is 37.8 Å². The third-order valence-corrected chi connectivity index (χ3v) is 4.40. The van der Waals surface area contributed by atoms with Crippen LogP contribution < -0.4 is 5.32 Å². The van der Waals surface area contributed by atoms with Gasteiger partial charge in [0.25, 0.3) is 0 Å². The molecule has 1 atom stereocenters. The minimum Gasteiger partial charge on any atom is -0.375 e. The lowest BCUT2D eigenvalue weighted by atomic mass is 9.94. The van der Waals surface area contributed by atoms with Gasteiger partial charge in [0.05, 0.1) is 5.60 Å². The highest BCUT2D eigenvalue weighted by Gasteiger charge is 2.28. The number of ether oxygens (including phenoxy) is 1. The molecule has 0 aromatic heterocycles. The van der Waals surface area contributed by atoms with Gasteiger partial charge in [-0.05, 0) is 50.8 Å². The average Bonchev–Trinajstić information content (AvgIpc) is 2.29. The third-order valence-electron chi connectivity index (χ3n) is 3.51. The van der Waals surface area contributed by atoms with E-state index in [1.54, 1.807) is 0 Å². The summed E-state index contributed by atoms with van der Waals surface area (Å²) < 4.78 is 6.92. The maximum atomic E-state index is 5.74. The second-order valence-electron chi connectivity index (χ2n) is 5.76. The first-order valence-corrected chi connectivity index (χ1v) is 7.38. The molecule has 3 heteroatoms. The number of halogens is 1. The summed E-state index contributed by atoms with van der Waals surface area (Å²) in [5.74, 6) is 0. The Kier molecular flexibility index (Phi) is 4.46. The van der Waals surface area contributed by atoms with Gasteiger partial charge in [0.15, 0.2) is 0 Å². The molecule has 0 radical (unpaired) electrons. The van der Waals surface area contributed by atoms with E-state index in [9.17, 15) is 0 Å². The average molecular weight is 312 g/mol. The molecule has 1 aromatic carbocycles. The predicted octanol–water partition coefficient (Wildman–Crippen LogP) is 3.80. The Bertz CT molecular complexity index is 417. The first-order chi connectivity index (χ1) is 8.46. The van der Waals surface area contributed by atoms with Crippen molar-refractivity contribution < 1.29 is 4.74 Å². The van der Waals surface area contributed by atoms with E-state index in [0.717, 1.165) is 26.0 Å². The topological polar surface area (TPSA) is 21.3 Å². The predicted molar refractivity (Wildman–Crippen MR) is 78.8 cm³/mol. The molecule has 1 aliphatic rings. The number of rotatable bonds is 3. The summed E-state index contributed by atoms with van der Waals surface area (Å²) in [5.41, 5.74) is 2.66. The van der Waals surface area contributed by atoms with E-state index in [2.05, 4.69) is 60.2 Å². The minimum atomic E-state index is 0.0194. The Morgan fingerprint density at radius 1 is 1.44 bits per heavy atom. The highest BCUT2D eigenvalue weighted by Crippen LogP contribution is 2.24. The van der Waals surface area contributed by atoms with Gasteiger partial charge in [-0.2, -0.15) is 0 Å². The summed E-state index contributed by atoms with van der Waals surface area (Å²) in [6.07, 6.45) is 2.20. The fraction of sp³-hybridized carbons (Fsp3) is 0.600. The van der Waals surface area contributed by atoms with E-state index >= 15 is 0 Å². The molecule has 0 spiro atoms. The molecule has 0 bridgehead atoms. The SMILES string of the molecule is Cc1cc(CNC2CCOC(C)(C)C2)ccc1Br.